The van der Waals surface area contributed by atoms with Gasteiger partial charge in [-0.1, -0.05) is 31.1 Å². The Balaban J connectivity index is 1.98. The summed E-state index contributed by atoms with van der Waals surface area (Å²) in [5.74, 6) is -0.361. The van der Waals surface area contributed by atoms with Crippen LogP contribution in [0.25, 0.3) is 0 Å². The van der Waals surface area contributed by atoms with Gasteiger partial charge in [-0.3, -0.25) is 15.6 Å². The fraction of sp³-hybridized carbons (Fsp3) is 0.267. The Morgan fingerprint density at radius 1 is 1.30 bits per heavy atom. The summed E-state index contributed by atoms with van der Waals surface area (Å²) in [7, 11) is 0. The van der Waals surface area contributed by atoms with Gasteiger partial charge in [0, 0.05) is 5.92 Å². The summed E-state index contributed by atoms with van der Waals surface area (Å²) in [5.41, 5.74) is 6.03. The number of carbonyl (C=O) groups is 1. The molecule has 0 aliphatic carbocycles. The molecule has 0 saturated carbocycles. The fourth-order valence-electron chi connectivity index (χ4n) is 1.95. The number of rotatable bonds is 3. The molecule has 1 amide bonds. The van der Waals surface area contributed by atoms with Gasteiger partial charge in [0.25, 0.3) is 5.91 Å². The Morgan fingerprint density at radius 2 is 2.00 bits per heavy atom. The molecular weight excluding hydrogens is 319 g/mol. The summed E-state index contributed by atoms with van der Waals surface area (Å²) < 4.78 is 18.7. The molecule has 0 spiro atoms. The number of anilines is 1. The Kier molecular flexibility index (Phi) is 5.28. The van der Waals surface area contributed by atoms with Crippen LogP contribution in [0.4, 0.5) is 10.1 Å². The van der Waals surface area contributed by atoms with E-state index in [9.17, 15) is 9.18 Å². The van der Waals surface area contributed by atoms with E-state index in [-0.39, 0.29) is 16.7 Å². The molecule has 0 atom stereocenters. The van der Waals surface area contributed by atoms with E-state index in [0.717, 1.165) is 0 Å². The number of halogens is 1. The number of hydrogen-bond donors (Lipinski definition) is 3. The Labute approximate surface area is 138 Å². The molecule has 23 heavy (non-hydrogen) atoms. The monoisotopic (exact) mass is 336 g/mol. The molecule has 2 aromatic rings. The number of hydrazine groups is 1. The van der Waals surface area contributed by atoms with Crippen molar-refractivity contribution >= 4 is 28.9 Å². The first-order valence-corrected chi connectivity index (χ1v) is 7.39. The summed E-state index contributed by atoms with van der Waals surface area (Å²) >= 11 is 5.02. The Bertz CT molecular complexity index is 730. The van der Waals surface area contributed by atoms with Gasteiger partial charge < -0.3 is 9.84 Å². The van der Waals surface area contributed by atoms with Gasteiger partial charge >= 0.3 is 0 Å². The van der Waals surface area contributed by atoms with Crippen LogP contribution < -0.4 is 16.2 Å². The number of para-hydroxylation sites is 1. The molecule has 2 rings (SSSR count). The molecular formula is C15H17FN4O2S. The molecule has 1 heterocycles. The van der Waals surface area contributed by atoms with Crippen LogP contribution in [-0.2, 0) is 0 Å². The van der Waals surface area contributed by atoms with Gasteiger partial charge in [0.2, 0.25) is 0 Å². The molecule has 0 bridgehead atoms. The van der Waals surface area contributed by atoms with E-state index in [1.807, 2.05) is 13.8 Å². The quantitative estimate of drug-likeness (QED) is 0.591. The maximum atomic E-state index is 13.5. The Morgan fingerprint density at radius 3 is 2.65 bits per heavy atom. The molecule has 6 nitrogen and oxygen atoms in total. The van der Waals surface area contributed by atoms with Crippen LogP contribution in [0, 0.1) is 12.7 Å². The molecule has 0 unspecified atom stereocenters. The molecule has 0 aliphatic heterocycles. The number of aryl methyl sites for hydroxylation is 1. The number of nitrogens with one attached hydrogen (secondary N) is 3. The number of thiocarbonyl (C=S) groups is 1. The molecule has 0 fully saturated rings. The van der Waals surface area contributed by atoms with E-state index in [4.69, 9.17) is 16.7 Å². The van der Waals surface area contributed by atoms with Crippen molar-refractivity contribution in [2.75, 3.05) is 5.32 Å². The molecule has 0 saturated heterocycles. The number of benzene rings is 1. The zero-order chi connectivity index (χ0) is 17.0. The van der Waals surface area contributed by atoms with Crippen molar-refractivity contribution in [3.8, 4) is 0 Å². The van der Waals surface area contributed by atoms with Crippen molar-refractivity contribution in [2.24, 2.45) is 0 Å². The minimum atomic E-state index is -0.444. The van der Waals surface area contributed by atoms with Gasteiger partial charge in [-0.05, 0) is 31.3 Å². The summed E-state index contributed by atoms with van der Waals surface area (Å²) in [6.07, 6.45) is 0. The van der Waals surface area contributed by atoms with Crippen molar-refractivity contribution in [1.29, 1.82) is 0 Å². The van der Waals surface area contributed by atoms with E-state index in [0.29, 0.717) is 17.0 Å². The molecule has 1 aromatic carbocycles. The lowest BCUT2D eigenvalue weighted by Crippen LogP contribution is -2.44. The van der Waals surface area contributed by atoms with Crippen LogP contribution in [0.5, 0.6) is 0 Å². The van der Waals surface area contributed by atoms with E-state index in [1.165, 1.54) is 12.1 Å². The van der Waals surface area contributed by atoms with Gasteiger partial charge in [-0.15, -0.1) is 0 Å². The number of amides is 1. The summed E-state index contributed by atoms with van der Waals surface area (Å²) in [5, 5.41) is 6.52. The molecule has 8 heteroatoms. The largest absolute Gasteiger partial charge is 0.360 e. The number of carbonyl (C=O) groups excluding carboxylic acids is 1. The lowest BCUT2D eigenvalue weighted by atomic mass is 10.1. The highest BCUT2D eigenvalue weighted by Crippen LogP contribution is 2.21. The normalized spacial score (nSPS) is 10.5. The lowest BCUT2D eigenvalue weighted by molar-refractivity contribution is 0.0941. The van der Waals surface area contributed by atoms with Crippen molar-refractivity contribution in [2.45, 2.75) is 26.7 Å². The van der Waals surface area contributed by atoms with Crippen molar-refractivity contribution < 1.29 is 13.7 Å². The average Bonchev–Trinajstić information content (AvgIpc) is 2.89. The van der Waals surface area contributed by atoms with E-state index in [2.05, 4.69) is 21.3 Å². The predicted octanol–water partition coefficient (Wildman–Crippen LogP) is 2.88. The number of hydrogen-bond acceptors (Lipinski definition) is 4. The third-order valence-corrected chi connectivity index (χ3v) is 3.26. The predicted molar refractivity (Wildman–Crippen MR) is 88.6 cm³/mol. The van der Waals surface area contributed by atoms with Gasteiger partial charge in [0.15, 0.2) is 10.9 Å². The van der Waals surface area contributed by atoms with Crippen LogP contribution >= 0.6 is 12.2 Å². The maximum Gasteiger partial charge on any atom is 0.275 e. The van der Waals surface area contributed by atoms with Crippen molar-refractivity contribution in [3.63, 3.8) is 0 Å². The standard InChI is InChI=1S/C15H17FN4O2S/c1-8(2)13-12(9(3)20-22-13)14(21)18-19-15(23)17-11-7-5-4-6-10(11)16/h4-8H,1-3H3,(H,18,21)(H2,17,19,23). The first-order chi connectivity index (χ1) is 10.9. The summed E-state index contributed by atoms with van der Waals surface area (Å²) in [4.78, 5) is 12.2. The maximum absolute atomic E-state index is 13.5. The third-order valence-electron chi connectivity index (χ3n) is 3.05. The van der Waals surface area contributed by atoms with Crippen molar-refractivity contribution in [1.82, 2.24) is 16.0 Å². The topological polar surface area (TPSA) is 79.2 Å². The average molecular weight is 336 g/mol. The molecule has 0 aliphatic rings. The highest BCUT2D eigenvalue weighted by molar-refractivity contribution is 7.80. The minimum Gasteiger partial charge on any atom is -0.360 e. The van der Waals surface area contributed by atoms with E-state index < -0.39 is 11.7 Å². The number of nitrogens with zero attached hydrogens (tertiary/aromatic N) is 1. The zero-order valence-corrected chi connectivity index (χ0v) is 13.8. The Hall–Kier alpha value is -2.48. The SMILES string of the molecule is Cc1noc(C(C)C)c1C(=O)NNC(=S)Nc1ccccc1F. The van der Waals surface area contributed by atoms with E-state index >= 15 is 0 Å². The number of aromatic nitrogens is 1. The van der Waals surface area contributed by atoms with Crippen LogP contribution in [0.2, 0.25) is 0 Å². The smallest absolute Gasteiger partial charge is 0.275 e. The van der Waals surface area contributed by atoms with Crippen molar-refractivity contribution in [3.05, 3.63) is 47.1 Å². The first-order valence-electron chi connectivity index (χ1n) is 6.98. The molecule has 3 N–H and O–H groups in total. The van der Waals surface area contributed by atoms with Gasteiger partial charge in [-0.25, -0.2) is 4.39 Å². The van der Waals surface area contributed by atoms with Gasteiger partial charge in [0.05, 0.1) is 11.4 Å². The zero-order valence-electron chi connectivity index (χ0n) is 12.9. The van der Waals surface area contributed by atoms with Crippen LogP contribution in [0.1, 0.15) is 41.6 Å². The lowest BCUT2D eigenvalue weighted by Gasteiger charge is -2.12. The third kappa shape index (κ3) is 4.04. The molecule has 1 aromatic heterocycles. The first kappa shape index (κ1) is 16.9. The minimum absolute atomic E-state index is 0.0143. The second-order valence-corrected chi connectivity index (χ2v) is 5.58. The summed E-state index contributed by atoms with van der Waals surface area (Å²) in [6.45, 7) is 5.48. The summed E-state index contributed by atoms with van der Waals surface area (Å²) in [6, 6.07) is 6.08. The van der Waals surface area contributed by atoms with Gasteiger partial charge in [0.1, 0.15) is 11.4 Å². The second kappa shape index (κ2) is 7.19. The van der Waals surface area contributed by atoms with E-state index in [1.54, 1.807) is 19.1 Å². The van der Waals surface area contributed by atoms with Crippen LogP contribution in [-0.4, -0.2) is 16.2 Å². The van der Waals surface area contributed by atoms with Crippen LogP contribution in [0.15, 0.2) is 28.8 Å². The van der Waals surface area contributed by atoms with Gasteiger partial charge in [-0.2, -0.15) is 0 Å². The highest BCUT2D eigenvalue weighted by Gasteiger charge is 2.22. The second-order valence-electron chi connectivity index (χ2n) is 5.18. The molecule has 122 valence electrons. The molecule has 0 radical (unpaired) electrons. The van der Waals surface area contributed by atoms with Crippen LogP contribution in [0.3, 0.4) is 0 Å². The highest BCUT2D eigenvalue weighted by atomic mass is 32.1. The fourth-order valence-corrected chi connectivity index (χ4v) is 2.11.